The maximum absolute atomic E-state index is 13.2. The molecular weight excluding hydrogens is 260 g/mol. The van der Waals surface area contributed by atoms with Crippen molar-refractivity contribution in [2.45, 2.75) is 39.4 Å². The summed E-state index contributed by atoms with van der Waals surface area (Å²) in [4.78, 5) is 0. The van der Waals surface area contributed by atoms with E-state index >= 15 is 0 Å². The summed E-state index contributed by atoms with van der Waals surface area (Å²) in [6.45, 7) is 5.85. The van der Waals surface area contributed by atoms with Gasteiger partial charge in [-0.2, -0.15) is 13.2 Å². The van der Waals surface area contributed by atoms with Crippen LogP contribution in [0.3, 0.4) is 0 Å². The second kappa shape index (κ2) is 5.46. The monoisotopic (exact) mass is 278 g/mol. The van der Waals surface area contributed by atoms with Gasteiger partial charge in [-0.3, -0.25) is 11.3 Å². The van der Waals surface area contributed by atoms with Crippen molar-refractivity contribution in [2.24, 2.45) is 11.3 Å². The van der Waals surface area contributed by atoms with Crippen LogP contribution in [0.1, 0.15) is 44.4 Å². The number of alkyl halides is 3. The molecule has 0 fully saturated rings. The zero-order valence-corrected chi connectivity index (χ0v) is 11.1. The highest BCUT2D eigenvalue weighted by molar-refractivity contribution is 5.29. The molecule has 19 heavy (non-hydrogen) atoms. The molecule has 108 valence electrons. The summed E-state index contributed by atoms with van der Waals surface area (Å²) in [7, 11) is 0. The molecule has 0 aliphatic carbocycles. The first-order valence-electron chi connectivity index (χ1n) is 5.87. The highest BCUT2D eigenvalue weighted by Crippen LogP contribution is 2.35. The van der Waals surface area contributed by atoms with Crippen molar-refractivity contribution < 1.29 is 17.6 Å². The number of halogens is 4. The molecule has 0 amide bonds. The summed E-state index contributed by atoms with van der Waals surface area (Å²) in [6.07, 6.45) is -4.17. The number of nitrogens with one attached hydrogen (secondary N) is 1. The van der Waals surface area contributed by atoms with E-state index in [1.165, 1.54) is 6.07 Å². The first-order chi connectivity index (χ1) is 8.54. The van der Waals surface area contributed by atoms with Crippen LogP contribution >= 0.6 is 0 Å². The van der Waals surface area contributed by atoms with Gasteiger partial charge >= 0.3 is 6.18 Å². The van der Waals surface area contributed by atoms with Crippen molar-refractivity contribution in [3.05, 3.63) is 35.1 Å². The van der Waals surface area contributed by atoms with Gasteiger partial charge in [-0.1, -0.05) is 26.8 Å². The zero-order valence-electron chi connectivity index (χ0n) is 11.1. The lowest BCUT2D eigenvalue weighted by atomic mass is 9.85. The summed E-state index contributed by atoms with van der Waals surface area (Å²) in [5.41, 5.74) is 1.42. The van der Waals surface area contributed by atoms with Gasteiger partial charge in [0.25, 0.3) is 0 Å². The lowest BCUT2D eigenvalue weighted by Crippen LogP contribution is -2.31. The molecule has 1 rings (SSSR count). The molecule has 1 unspecified atom stereocenters. The van der Waals surface area contributed by atoms with E-state index in [-0.39, 0.29) is 5.41 Å². The first-order valence-corrected chi connectivity index (χ1v) is 5.87. The maximum atomic E-state index is 13.2. The van der Waals surface area contributed by atoms with Gasteiger partial charge in [-0.25, -0.2) is 4.39 Å². The summed E-state index contributed by atoms with van der Waals surface area (Å²) in [6, 6.07) is 2.50. The third kappa shape index (κ3) is 4.47. The molecule has 3 N–H and O–H groups in total. The fraction of sp³-hybridized carbons (Fsp3) is 0.538. The van der Waals surface area contributed by atoms with Gasteiger partial charge < -0.3 is 0 Å². The Kier molecular flexibility index (Phi) is 4.58. The molecule has 0 aliphatic heterocycles. The Bertz CT molecular complexity index is 435. The number of rotatable bonds is 3. The maximum Gasteiger partial charge on any atom is 0.419 e. The molecule has 0 aliphatic rings. The Morgan fingerprint density at radius 3 is 2.21 bits per heavy atom. The summed E-state index contributed by atoms with van der Waals surface area (Å²) in [5, 5.41) is 0. The van der Waals surface area contributed by atoms with Crippen molar-refractivity contribution >= 4 is 0 Å². The van der Waals surface area contributed by atoms with E-state index in [1.807, 2.05) is 20.8 Å². The third-order valence-corrected chi connectivity index (χ3v) is 2.72. The van der Waals surface area contributed by atoms with E-state index in [9.17, 15) is 17.6 Å². The van der Waals surface area contributed by atoms with Crippen LogP contribution in [0.2, 0.25) is 0 Å². The topological polar surface area (TPSA) is 38.0 Å². The van der Waals surface area contributed by atoms with Crippen LogP contribution in [0.15, 0.2) is 18.2 Å². The average molecular weight is 278 g/mol. The Labute approximate surface area is 110 Å². The van der Waals surface area contributed by atoms with Gasteiger partial charge in [0, 0.05) is 6.04 Å². The molecule has 0 saturated heterocycles. The lowest BCUT2D eigenvalue weighted by Gasteiger charge is -2.26. The second-order valence-electron chi connectivity index (χ2n) is 5.72. The smallest absolute Gasteiger partial charge is 0.271 e. The van der Waals surface area contributed by atoms with Gasteiger partial charge in [0.2, 0.25) is 0 Å². The van der Waals surface area contributed by atoms with Crippen LogP contribution in [-0.2, 0) is 6.18 Å². The predicted octanol–water partition coefficient (Wildman–Crippen LogP) is 3.79. The fourth-order valence-corrected chi connectivity index (χ4v) is 1.86. The minimum atomic E-state index is -4.71. The second-order valence-corrected chi connectivity index (χ2v) is 5.72. The normalized spacial score (nSPS) is 14.5. The summed E-state index contributed by atoms with van der Waals surface area (Å²) >= 11 is 0. The molecule has 1 aromatic carbocycles. The van der Waals surface area contributed by atoms with E-state index in [1.54, 1.807) is 0 Å². The Morgan fingerprint density at radius 1 is 1.21 bits per heavy atom. The highest BCUT2D eigenvalue weighted by atomic mass is 19.4. The molecular formula is C13H18F4N2. The van der Waals surface area contributed by atoms with Crippen LogP contribution in [0.25, 0.3) is 0 Å². The zero-order chi connectivity index (χ0) is 14.8. The number of hydrazine groups is 1. The number of hydrogen-bond donors (Lipinski definition) is 2. The van der Waals surface area contributed by atoms with Crippen LogP contribution in [0, 0.1) is 11.2 Å². The van der Waals surface area contributed by atoms with Crippen LogP contribution in [-0.4, -0.2) is 0 Å². The molecule has 6 heteroatoms. The molecule has 0 spiro atoms. The van der Waals surface area contributed by atoms with E-state index in [4.69, 9.17) is 5.84 Å². The molecule has 0 aromatic heterocycles. The largest absolute Gasteiger partial charge is 0.419 e. The van der Waals surface area contributed by atoms with E-state index in [0.29, 0.717) is 12.0 Å². The number of benzene rings is 1. The third-order valence-electron chi connectivity index (χ3n) is 2.72. The van der Waals surface area contributed by atoms with Gasteiger partial charge in [0.15, 0.2) is 0 Å². The van der Waals surface area contributed by atoms with E-state index in [2.05, 4.69) is 5.43 Å². The molecule has 0 saturated carbocycles. The van der Waals surface area contributed by atoms with Crippen molar-refractivity contribution in [2.75, 3.05) is 0 Å². The van der Waals surface area contributed by atoms with Crippen molar-refractivity contribution in [1.29, 1.82) is 0 Å². The van der Waals surface area contributed by atoms with Crippen molar-refractivity contribution in [1.82, 2.24) is 5.43 Å². The molecule has 1 aromatic rings. The average Bonchev–Trinajstić information content (AvgIpc) is 2.24. The van der Waals surface area contributed by atoms with Crippen LogP contribution in [0.4, 0.5) is 17.6 Å². The molecule has 0 radical (unpaired) electrons. The molecule has 0 heterocycles. The number of hydrogen-bond acceptors (Lipinski definition) is 2. The van der Waals surface area contributed by atoms with E-state index in [0.717, 1.165) is 12.1 Å². The van der Waals surface area contributed by atoms with Crippen molar-refractivity contribution in [3.8, 4) is 0 Å². The molecule has 0 bridgehead atoms. The van der Waals surface area contributed by atoms with Gasteiger partial charge in [0.1, 0.15) is 5.82 Å². The minimum absolute atomic E-state index is 0.121. The van der Waals surface area contributed by atoms with E-state index < -0.39 is 23.6 Å². The highest BCUT2D eigenvalue weighted by Gasteiger charge is 2.35. The van der Waals surface area contributed by atoms with Gasteiger partial charge in [-0.15, -0.1) is 0 Å². The van der Waals surface area contributed by atoms with Crippen LogP contribution in [0.5, 0.6) is 0 Å². The lowest BCUT2D eigenvalue weighted by molar-refractivity contribution is -0.140. The Hall–Kier alpha value is -1.14. The Morgan fingerprint density at radius 2 is 1.79 bits per heavy atom. The predicted molar refractivity (Wildman–Crippen MR) is 65.5 cm³/mol. The standard InChI is InChI=1S/C13H18F4N2/c1-12(2,3)7-11(19-18)8-4-5-10(14)9(6-8)13(15,16)17/h4-6,11,19H,7,18H2,1-3H3. The molecule has 2 nitrogen and oxygen atoms in total. The van der Waals surface area contributed by atoms with Crippen LogP contribution < -0.4 is 11.3 Å². The fourth-order valence-electron chi connectivity index (χ4n) is 1.86. The minimum Gasteiger partial charge on any atom is -0.271 e. The Balaban J connectivity index is 3.13. The van der Waals surface area contributed by atoms with Crippen molar-refractivity contribution in [3.63, 3.8) is 0 Å². The first kappa shape index (κ1) is 15.9. The molecule has 1 atom stereocenters. The quantitative estimate of drug-likeness (QED) is 0.501. The summed E-state index contributed by atoms with van der Waals surface area (Å²) in [5.74, 6) is 4.11. The van der Waals surface area contributed by atoms with Gasteiger partial charge in [-0.05, 0) is 29.5 Å². The van der Waals surface area contributed by atoms with Gasteiger partial charge in [0.05, 0.1) is 5.56 Å². The SMILES string of the molecule is CC(C)(C)CC(NN)c1ccc(F)c(C(F)(F)F)c1. The summed E-state index contributed by atoms with van der Waals surface area (Å²) < 4.78 is 51.1. The number of nitrogens with two attached hydrogens (primary N) is 1.